The van der Waals surface area contributed by atoms with Crippen LogP contribution in [0, 0.1) is 13.8 Å². The average molecular weight is 477 g/mol. The van der Waals surface area contributed by atoms with Crippen molar-refractivity contribution in [2.75, 3.05) is 11.1 Å². The fourth-order valence-electron chi connectivity index (χ4n) is 2.82. The van der Waals surface area contributed by atoms with E-state index in [0.29, 0.717) is 33.3 Å². The first kappa shape index (κ1) is 23.2. The fraction of sp³-hybridized carbons (Fsp3) is 0.227. The molecule has 0 aliphatic carbocycles. The van der Waals surface area contributed by atoms with E-state index in [9.17, 15) is 4.79 Å². The first-order chi connectivity index (χ1) is 14.9. The number of halogens is 2. The Hall–Kier alpha value is -2.48. The van der Waals surface area contributed by atoms with Crippen molar-refractivity contribution in [2.24, 2.45) is 0 Å². The van der Waals surface area contributed by atoms with Crippen LogP contribution in [0.3, 0.4) is 0 Å². The number of hydrogen-bond acceptors (Lipinski definition) is 5. The van der Waals surface area contributed by atoms with Gasteiger partial charge in [0.2, 0.25) is 5.91 Å². The summed E-state index contributed by atoms with van der Waals surface area (Å²) in [4.78, 5) is 12.3. The van der Waals surface area contributed by atoms with Crippen molar-refractivity contribution in [3.63, 3.8) is 0 Å². The lowest BCUT2D eigenvalue weighted by Crippen LogP contribution is -2.15. The summed E-state index contributed by atoms with van der Waals surface area (Å²) in [6, 6.07) is 10.8. The second-order valence-electron chi connectivity index (χ2n) is 6.78. The normalized spacial score (nSPS) is 10.7. The Labute approximate surface area is 195 Å². The molecule has 0 radical (unpaired) electrons. The molecule has 1 aromatic heterocycles. The number of benzene rings is 2. The van der Waals surface area contributed by atoms with E-state index in [2.05, 4.69) is 22.1 Å². The van der Waals surface area contributed by atoms with Crippen LogP contribution in [0.1, 0.15) is 17.0 Å². The van der Waals surface area contributed by atoms with Crippen LogP contribution in [0.15, 0.2) is 54.2 Å². The van der Waals surface area contributed by atoms with Gasteiger partial charge in [0.25, 0.3) is 0 Å². The molecule has 6 nitrogen and oxygen atoms in total. The third-order valence-electron chi connectivity index (χ3n) is 4.50. The van der Waals surface area contributed by atoms with E-state index in [1.165, 1.54) is 11.8 Å². The number of nitrogens with one attached hydrogen (secondary N) is 1. The maximum absolute atomic E-state index is 12.3. The molecule has 0 saturated carbocycles. The highest BCUT2D eigenvalue weighted by molar-refractivity contribution is 7.99. The van der Waals surface area contributed by atoms with E-state index in [-0.39, 0.29) is 18.3 Å². The predicted molar refractivity (Wildman–Crippen MR) is 126 cm³/mol. The molecule has 9 heteroatoms. The molecule has 1 N–H and O–H groups in total. The van der Waals surface area contributed by atoms with Gasteiger partial charge in [-0.2, -0.15) is 0 Å². The second-order valence-corrected chi connectivity index (χ2v) is 8.60. The summed E-state index contributed by atoms with van der Waals surface area (Å²) in [7, 11) is 0. The monoisotopic (exact) mass is 476 g/mol. The number of carbonyl (C=O) groups is 1. The molecule has 0 bridgehead atoms. The van der Waals surface area contributed by atoms with Gasteiger partial charge in [-0.1, -0.05) is 53.2 Å². The van der Waals surface area contributed by atoms with Crippen molar-refractivity contribution in [1.29, 1.82) is 0 Å². The van der Waals surface area contributed by atoms with Crippen molar-refractivity contribution in [2.45, 2.75) is 32.2 Å². The van der Waals surface area contributed by atoms with Crippen molar-refractivity contribution >= 4 is 46.6 Å². The molecule has 0 unspecified atom stereocenters. The maximum atomic E-state index is 12.3. The molecule has 0 atom stereocenters. The maximum Gasteiger partial charge on any atom is 0.234 e. The molecule has 162 valence electrons. The van der Waals surface area contributed by atoms with E-state index < -0.39 is 0 Å². The molecule has 3 aromatic rings. The van der Waals surface area contributed by atoms with Gasteiger partial charge in [-0.05, 0) is 49.2 Å². The summed E-state index contributed by atoms with van der Waals surface area (Å²) in [6.45, 7) is 8.63. The average Bonchev–Trinajstić information content (AvgIpc) is 3.09. The SMILES string of the molecule is C=CCn1c(COc2cccc(C)c2C)nnc1SCC(=O)Nc1cc(Cl)cc(Cl)c1. The first-order valence-corrected chi connectivity index (χ1v) is 11.2. The Bertz CT molecular complexity index is 1080. The van der Waals surface area contributed by atoms with Crippen LogP contribution in [-0.4, -0.2) is 26.4 Å². The predicted octanol–water partition coefficient (Wildman–Crippen LogP) is 5.70. The minimum atomic E-state index is -0.204. The molecule has 2 aromatic carbocycles. The zero-order chi connectivity index (χ0) is 22.4. The number of rotatable bonds is 9. The number of carbonyl (C=O) groups excluding carboxylic acids is 1. The Kier molecular flexibility index (Phi) is 8.01. The molecule has 1 heterocycles. The van der Waals surface area contributed by atoms with Crippen molar-refractivity contribution in [3.8, 4) is 5.75 Å². The van der Waals surface area contributed by atoms with Gasteiger partial charge in [0.05, 0.1) is 5.75 Å². The Morgan fingerprint density at radius 2 is 1.97 bits per heavy atom. The number of ether oxygens (including phenoxy) is 1. The molecule has 3 rings (SSSR count). The van der Waals surface area contributed by atoms with Crippen LogP contribution in [0.25, 0.3) is 0 Å². The lowest BCUT2D eigenvalue weighted by atomic mass is 10.1. The highest BCUT2D eigenvalue weighted by atomic mass is 35.5. The van der Waals surface area contributed by atoms with E-state index >= 15 is 0 Å². The highest BCUT2D eigenvalue weighted by Crippen LogP contribution is 2.24. The molecule has 0 saturated heterocycles. The summed E-state index contributed by atoms with van der Waals surface area (Å²) in [6.07, 6.45) is 1.75. The number of thioether (sulfide) groups is 1. The van der Waals surface area contributed by atoms with Gasteiger partial charge >= 0.3 is 0 Å². The van der Waals surface area contributed by atoms with Gasteiger partial charge in [-0.15, -0.1) is 16.8 Å². The van der Waals surface area contributed by atoms with Crippen LogP contribution >= 0.6 is 35.0 Å². The van der Waals surface area contributed by atoms with E-state index in [4.69, 9.17) is 27.9 Å². The van der Waals surface area contributed by atoms with Gasteiger partial charge < -0.3 is 10.1 Å². The van der Waals surface area contributed by atoms with Crippen molar-refractivity contribution in [1.82, 2.24) is 14.8 Å². The van der Waals surface area contributed by atoms with Crippen molar-refractivity contribution in [3.05, 3.63) is 76.0 Å². The quantitative estimate of drug-likeness (QED) is 0.316. The molecule has 0 aliphatic heterocycles. The number of aromatic nitrogens is 3. The van der Waals surface area contributed by atoms with Gasteiger partial charge in [0.1, 0.15) is 12.4 Å². The molecular formula is C22H22Cl2N4O2S. The topological polar surface area (TPSA) is 69.0 Å². The summed E-state index contributed by atoms with van der Waals surface area (Å²) in [5.41, 5.74) is 2.79. The minimum absolute atomic E-state index is 0.150. The Balaban J connectivity index is 1.64. The molecule has 31 heavy (non-hydrogen) atoms. The van der Waals surface area contributed by atoms with Crippen LogP contribution in [0.2, 0.25) is 10.0 Å². The number of aryl methyl sites for hydroxylation is 1. The molecule has 0 spiro atoms. The number of nitrogens with zero attached hydrogens (tertiary/aromatic N) is 3. The summed E-state index contributed by atoms with van der Waals surface area (Å²) in [5.74, 6) is 1.41. The van der Waals surface area contributed by atoms with Crippen molar-refractivity contribution < 1.29 is 9.53 Å². The number of hydrogen-bond donors (Lipinski definition) is 1. The largest absolute Gasteiger partial charge is 0.485 e. The second kappa shape index (κ2) is 10.7. The highest BCUT2D eigenvalue weighted by Gasteiger charge is 2.15. The van der Waals surface area contributed by atoms with Crippen LogP contribution in [0.4, 0.5) is 5.69 Å². The van der Waals surface area contributed by atoms with E-state index in [1.54, 1.807) is 24.3 Å². The van der Waals surface area contributed by atoms with Gasteiger partial charge in [-0.25, -0.2) is 0 Å². The molecule has 0 fully saturated rings. The number of anilines is 1. The zero-order valence-corrected chi connectivity index (χ0v) is 19.5. The van der Waals surface area contributed by atoms with E-state index in [0.717, 1.165) is 16.9 Å². The standard InChI is InChI=1S/C22H22Cl2N4O2S/c1-4-8-28-20(12-30-19-7-5-6-14(2)15(19)3)26-27-22(28)31-13-21(29)25-18-10-16(23)9-17(24)11-18/h4-7,9-11H,1,8,12-13H2,2-3H3,(H,25,29). The van der Waals surface area contributed by atoms with Crippen LogP contribution in [0.5, 0.6) is 5.75 Å². The molecular weight excluding hydrogens is 455 g/mol. The van der Waals surface area contributed by atoms with Gasteiger partial charge in [0.15, 0.2) is 11.0 Å². The molecule has 0 aliphatic rings. The Morgan fingerprint density at radius 3 is 2.68 bits per heavy atom. The molecule has 1 amide bonds. The summed E-state index contributed by atoms with van der Waals surface area (Å²) >= 11 is 13.2. The number of allylic oxidation sites excluding steroid dienone is 1. The first-order valence-electron chi connectivity index (χ1n) is 9.48. The van der Waals surface area contributed by atoms with E-state index in [1.807, 2.05) is 36.6 Å². The number of amides is 1. The lowest BCUT2D eigenvalue weighted by molar-refractivity contribution is -0.113. The summed E-state index contributed by atoms with van der Waals surface area (Å²) < 4.78 is 7.84. The summed E-state index contributed by atoms with van der Waals surface area (Å²) in [5, 5.41) is 12.8. The third-order valence-corrected chi connectivity index (χ3v) is 5.90. The van der Waals surface area contributed by atoms with Crippen LogP contribution < -0.4 is 10.1 Å². The zero-order valence-electron chi connectivity index (χ0n) is 17.2. The minimum Gasteiger partial charge on any atom is -0.485 e. The lowest BCUT2D eigenvalue weighted by Gasteiger charge is -2.12. The Morgan fingerprint density at radius 1 is 1.23 bits per heavy atom. The van der Waals surface area contributed by atoms with Crippen LogP contribution in [-0.2, 0) is 17.9 Å². The fourth-order valence-corrected chi connectivity index (χ4v) is 4.11. The third kappa shape index (κ3) is 6.26. The van der Waals surface area contributed by atoms with Gasteiger partial charge in [0, 0.05) is 22.3 Å². The smallest absolute Gasteiger partial charge is 0.234 e. The van der Waals surface area contributed by atoms with Gasteiger partial charge in [-0.3, -0.25) is 9.36 Å².